The Balaban J connectivity index is 2.11. The fourth-order valence-electron chi connectivity index (χ4n) is 3.29. The van der Waals surface area contributed by atoms with Gasteiger partial charge in [-0.15, -0.1) is 0 Å². The number of hydrogen-bond acceptors (Lipinski definition) is 5. The summed E-state index contributed by atoms with van der Waals surface area (Å²) in [6.07, 6.45) is 0.874. The molecule has 0 aliphatic carbocycles. The molecule has 150 valence electrons. The predicted octanol–water partition coefficient (Wildman–Crippen LogP) is 0.965. The largest absolute Gasteiger partial charge is 0.496 e. The highest BCUT2D eigenvalue weighted by molar-refractivity contribution is 7.89. The van der Waals surface area contributed by atoms with E-state index in [9.17, 15) is 23.1 Å². The van der Waals surface area contributed by atoms with E-state index in [-0.39, 0.29) is 24.1 Å². The molecule has 27 heavy (non-hydrogen) atoms. The van der Waals surface area contributed by atoms with Crippen molar-refractivity contribution in [3.8, 4) is 5.75 Å². The molecule has 1 amide bonds. The third kappa shape index (κ3) is 5.43. The van der Waals surface area contributed by atoms with Crippen LogP contribution in [0.5, 0.6) is 5.75 Å². The maximum Gasteiger partial charge on any atom is 0.323 e. The second-order valence-electron chi connectivity index (χ2n) is 6.43. The summed E-state index contributed by atoms with van der Waals surface area (Å²) in [7, 11) is -1.76. The molecule has 0 radical (unpaired) electrons. The summed E-state index contributed by atoms with van der Waals surface area (Å²) in [5, 5.41) is 9.22. The Morgan fingerprint density at radius 2 is 1.89 bits per heavy atom. The number of para-hydroxylation sites is 1. The van der Waals surface area contributed by atoms with Gasteiger partial charge in [0.1, 0.15) is 12.3 Å². The highest BCUT2D eigenvalue weighted by atomic mass is 32.2. The number of piperidine rings is 1. The smallest absolute Gasteiger partial charge is 0.323 e. The highest BCUT2D eigenvalue weighted by Gasteiger charge is 2.32. The lowest BCUT2D eigenvalue weighted by atomic mass is 10.0. The number of carbonyl (C=O) groups is 2. The van der Waals surface area contributed by atoms with Crippen LogP contribution in [-0.4, -0.2) is 73.1 Å². The van der Waals surface area contributed by atoms with Crippen molar-refractivity contribution in [3.05, 3.63) is 29.8 Å². The van der Waals surface area contributed by atoms with Gasteiger partial charge >= 0.3 is 5.97 Å². The Hall–Kier alpha value is -2.13. The Kier molecular flexibility index (Phi) is 7.20. The molecule has 1 N–H and O–H groups in total. The monoisotopic (exact) mass is 398 g/mol. The van der Waals surface area contributed by atoms with Crippen LogP contribution in [0.4, 0.5) is 0 Å². The van der Waals surface area contributed by atoms with Gasteiger partial charge in [-0.2, -0.15) is 0 Å². The molecule has 0 bridgehead atoms. The summed E-state index contributed by atoms with van der Waals surface area (Å²) in [6, 6.07) is 6.81. The summed E-state index contributed by atoms with van der Waals surface area (Å²) in [5.41, 5.74) is 0.686. The van der Waals surface area contributed by atoms with Gasteiger partial charge in [-0.05, 0) is 25.8 Å². The lowest BCUT2D eigenvalue weighted by Crippen LogP contribution is -2.50. The highest BCUT2D eigenvalue weighted by Crippen LogP contribution is 2.23. The van der Waals surface area contributed by atoms with E-state index >= 15 is 0 Å². The lowest BCUT2D eigenvalue weighted by molar-refractivity contribution is -0.146. The molecule has 0 aromatic heterocycles. The zero-order chi connectivity index (χ0) is 20.0. The molecular weight excluding hydrogens is 372 g/mol. The fraction of sp³-hybridized carbons (Fsp3) is 0.556. The number of carbonyl (C=O) groups excluding carboxylic acids is 1. The molecular formula is C18H26N2O6S. The number of amides is 1. The molecule has 0 unspecified atom stereocenters. The van der Waals surface area contributed by atoms with E-state index in [1.165, 1.54) is 16.3 Å². The first-order valence-corrected chi connectivity index (χ1v) is 10.5. The number of aliphatic carboxylic acids is 1. The van der Waals surface area contributed by atoms with E-state index in [1.807, 2.05) is 0 Å². The molecule has 9 heteroatoms. The standard InChI is InChI=1S/C18H26N2O6S/c1-3-27(24,25)19-10-8-15(9-11-19)20(13-18(22)23)17(21)12-14-6-4-5-7-16(14)26-2/h4-7,15H,3,8-13H2,1-2H3,(H,22,23). The van der Waals surface area contributed by atoms with Crippen LogP contribution in [0.1, 0.15) is 25.3 Å². The van der Waals surface area contributed by atoms with Gasteiger partial charge in [0.25, 0.3) is 0 Å². The summed E-state index contributed by atoms with van der Waals surface area (Å²) >= 11 is 0. The van der Waals surface area contributed by atoms with Gasteiger partial charge in [0, 0.05) is 24.7 Å². The van der Waals surface area contributed by atoms with Crippen molar-refractivity contribution in [1.82, 2.24) is 9.21 Å². The van der Waals surface area contributed by atoms with Crippen LogP contribution in [-0.2, 0) is 26.0 Å². The van der Waals surface area contributed by atoms with Crippen molar-refractivity contribution in [2.75, 3.05) is 32.5 Å². The van der Waals surface area contributed by atoms with Crippen LogP contribution in [0.25, 0.3) is 0 Å². The number of carboxylic acids is 1. The van der Waals surface area contributed by atoms with Crippen molar-refractivity contribution in [3.63, 3.8) is 0 Å². The first-order valence-electron chi connectivity index (χ1n) is 8.89. The molecule has 8 nitrogen and oxygen atoms in total. The molecule has 1 fully saturated rings. The van der Waals surface area contributed by atoms with Crippen molar-refractivity contribution < 1.29 is 27.9 Å². The number of ether oxygens (including phenoxy) is 1. The van der Waals surface area contributed by atoms with E-state index in [0.29, 0.717) is 37.2 Å². The van der Waals surface area contributed by atoms with Crippen molar-refractivity contribution in [1.29, 1.82) is 0 Å². The maximum absolute atomic E-state index is 12.8. The predicted molar refractivity (Wildman–Crippen MR) is 100 cm³/mol. The van der Waals surface area contributed by atoms with Crippen LogP contribution in [0.15, 0.2) is 24.3 Å². The molecule has 1 saturated heterocycles. The van der Waals surface area contributed by atoms with Gasteiger partial charge in [0.05, 0.1) is 19.3 Å². The minimum atomic E-state index is -3.27. The van der Waals surface area contributed by atoms with Crippen LogP contribution < -0.4 is 4.74 Å². The number of hydrogen-bond donors (Lipinski definition) is 1. The van der Waals surface area contributed by atoms with Crippen molar-refractivity contribution in [2.24, 2.45) is 0 Å². The average molecular weight is 398 g/mol. The van der Waals surface area contributed by atoms with Gasteiger partial charge < -0.3 is 14.7 Å². The third-order valence-corrected chi connectivity index (χ3v) is 6.66. The molecule has 1 aromatic carbocycles. The van der Waals surface area contributed by atoms with Crippen LogP contribution in [0.3, 0.4) is 0 Å². The molecule has 1 aliphatic rings. The lowest BCUT2D eigenvalue weighted by Gasteiger charge is -2.37. The number of nitrogens with zero attached hydrogens (tertiary/aromatic N) is 2. The number of methoxy groups -OCH3 is 1. The van der Waals surface area contributed by atoms with E-state index in [1.54, 1.807) is 31.2 Å². The average Bonchev–Trinajstić information content (AvgIpc) is 2.66. The van der Waals surface area contributed by atoms with Gasteiger partial charge in [-0.1, -0.05) is 18.2 Å². The summed E-state index contributed by atoms with van der Waals surface area (Å²) in [5.74, 6) is -0.792. The molecule has 0 atom stereocenters. The summed E-state index contributed by atoms with van der Waals surface area (Å²) in [4.78, 5) is 25.5. The van der Waals surface area contributed by atoms with Gasteiger partial charge in [0.2, 0.25) is 15.9 Å². The Labute approximate surface area is 159 Å². The van der Waals surface area contributed by atoms with Crippen LogP contribution in [0, 0.1) is 0 Å². The minimum Gasteiger partial charge on any atom is -0.496 e. The maximum atomic E-state index is 12.8. The zero-order valence-corrected chi connectivity index (χ0v) is 16.4. The second kappa shape index (κ2) is 9.18. The second-order valence-corrected chi connectivity index (χ2v) is 8.69. The van der Waals surface area contributed by atoms with Crippen LogP contribution in [0.2, 0.25) is 0 Å². The first-order chi connectivity index (χ1) is 12.8. The molecule has 2 rings (SSSR count). The Bertz CT molecular complexity index is 772. The SMILES string of the molecule is CCS(=O)(=O)N1CCC(N(CC(=O)O)C(=O)Cc2ccccc2OC)CC1. The molecule has 0 spiro atoms. The Morgan fingerprint density at radius 1 is 1.26 bits per heavy atom. The van der Waals surface area contributed by atoms with Gasteiger partial charge in [-0.25, -0.2) is 12.7 Å². The number of rotatable bonds is 8. The summed E-state index contributed by atoms with van der Waals surface area (Å²) in [6.45, 7) is 1.77. The third-order valence-electron chi connectivity index (χ3n) is 4.78. The first kappa shape index (κ1) is 21.2. The van der Waals surface area contributed by atoms with E-state index < -0.39 is 22.5 Å². The molecule has 0 saturated carbocycles. The molecule has 1 aromatic rings. The van der Waals surface area contributed by atoms with Gasteiger partial charge in [0.15, 0.2) is 0 Å². The fourth-order valence-corrected chi connectivity index (χ4v) is 4.43. The number of benzene rings is 1. The van der Waals surface area contributed by atoms with E-state index in [0.717, 1.165) is 0 Å². The Morgan fingerprint density at radius 3 is 2.44 bits per heavy atom. The minimum absolute atomic E-state index is 0.0310. The summed E-state index contributed by atoms with van der Waals surface area (Å²) < 4.78 is 30.6. The quantitative estimate of drug-likeness (QED) is 0.700. The van der Waals surface area contributed by atoms with Gasteiger partial charge in [-0.3, -0.25) is 9.59 Å². The topological polar surface area (TPSA) is 104 Å². The molecule has 1 aliphatic heterocycles. The van der Waals surface area contributed by atoms with E-state index in [2.05, 4.69) is 0 Å². The van der Waals surface area contributed by atoms with Crippen molar-refractivity contribution in [2.45, 2.75) is 32.2 Å². The van der Waals surface area contributed by atoms with Crippen LogP contribution >= 0.6 is 0 Å². The number of carboxylic acid groups (broad SMARTS) is 1. The number of sulfonamides is 1. The van der Waals surface area contributed by atoms with Crippen molar-refractivity contribution >= 4 is 21.9 Å². The van der Waals surface area contributed by atoms with E-state index in [4.69, 9.17) is 4.74 Å². The zero-order valence-electron chi connectivity index (χ0n) is 15.6. The molecule has 1 heterocycles. The normalized spacial score (nSPS) is 16.1.